The van der Waals surface area contributed by atoms with Gasteiger partial charge in [-0.2, -0.15) is 9.61 Å². The third kappa shape index (κ3) is 3.40. The minimum atomic E-state index is -0.122. The van der Waals surface area contributed by atoms with Gasteiger partial charge in [0.05, 0.1) is 18.9 Å². The van der Waals surface area contributed by atoms with Crippen molar-refractivity contribution < 1.29 is 9.53 Å². The lowest BCUT2D eigenvalue weighted by Gasteiger charge is -2.30. The average molecular weight is 422 g/mol. The number of aryl methyl sites for hydroxylation is 1. The van der Waals surface area contributed by atoms with Crippen LogP contribution in [0.25, 0.3) is 5.65 Å². The summed E-state index contributed by atoms with van der Waals surface area (Å²) in [6.45, 7) is 3.73. The van der Waals surface area contributed by atoms with Crippen molar-refractivity contribution >= 4 is 11.6 Å². The van der Waals surface area contributed by atoms with Crippen molar-refractivity contribution in [2.24, 2.45) is 7.05 Å². The number of ether oxygens (including phenoxy) is 1. The van der Waals surface area contributed by atoms with Crippen LogP contribution < -0.4 is 10.3 Å². The summed E-state index contributed by atoms with van der Waals surface area (Å²) in [6.07, 6.45) is 4.38. The second kappa shape index (κ2) is 7.85. The molecule has 8 heteroatoms. The molecule has 1 saturated heterocycles. The molecular weight excluding hydrogens is 394 g/mol. The number of hydrogen-bond donors (Lipinski definition) is 0. The van der Waals surface area contributed by atoms with Gasteiger partial charge in [-0.05, 0) is 30.5 Å². The van der Waals surface area contributed by atoms with Crippen molar-refractivity contribution in [2.75, 3.05) is 26.7 Å². The minimum absolute atomic E-state index is 0.0283. The van der Waals surface area contributed by atoms with E-state index in [0.29, 0.717) is 17.8 Å². The van der Waals surface area contributed by atoms with E-state index in [0.717, 1.165) is 62.4 Å². The molecule has 2 aliphatic heterocycles. The van der Waals surface area contributed by atoms with Crippen molar-refractivity contribution in [3.63, 3.8) is 0 Å². The van der Waals surface area contributed by atoms with Crippen LogP contribution in [0.1, 0.15) is 40.0 Å². The summed E-state index contributed by atoms with van der Waals surface area (Å²) >= 11 is 0. The van der Waals surface area contributed by atoms with Crippen molar-refractivity contribution in [2.45, 2.75) is 32.4 Å². The number of methoxy groups -OCH3 is 1. The van der Waals surface area contributed by atoms with Gasteiger partial charge in [-0.3, -0.25) is 14.5 Å². The van der Waals surface area contributed by atoms with Crippen LogP contribution in [0, 0.1) is 0 Å². The van der Waals surface area contributed by atoms with Gasteiger partial charge in [0.1, 0.15) is 11.3 Å². The molecule has 1 fully saturated rings. The van der Waals surface area contributed by atoms with Crippen molar-refractivity contribution in [1.82, 2.24) is 24.0 Å². The Bertz CT molecular complexity index is 1190. The highest BCUT2D eigenvalue weighted by Crippen LogP contribution is 2.23. The SMILES string of the molecule is COc1ccc(CN2CCc3c(c(=O)n4ncc(C(=O)N5CCCC5)c4n3C)C2)cc1. The highest BCUT2D eigenvalue weighted by molar-refractivity contribution is 6.00. The number of hydrogen-bond acceptors (Lipinski definition) is 5. The molecule has 1 aromatic carbocycles. The lowest BCUT2D eigenvalue weighted by Crippen LogP contribution is -2.38. The maximum absolute atomic E-state index is 13.3. The predicted molar refractivity (Wildman–Crippen MR) is 116 cm³/mol. The number of carbonyl (C=O) groups excluding carboxylic acids is 1. The molecule has 5 rings (SSSR count). The number of aromatic nitrogens is 3. The first-order valence-corrected chi connectivity index (χ1v) is 10.8. The molecule has 0 atom stereocenters. The summed E-state index contributed by atoms with van der Waals surface area (Å²) in [4.78, 5) is 30.4. The molecule has 0 aliphatic carbocycles. The van der Waals surface area contributed by atoms with Gasteiger partial charge >= 0.3 is 0 Å². The number of nitrogens with zero attached hydrogens (tertiary/aromatic N) is 5. The molecule has 0 spiro atoms. The van der Waals surface area contributed by atoms with Crippen LogP contribution in [-0.4, -0.2) is 56.6 Å². The second-order valence-electron chi connectivity index (χ2n) is 8.39. The molecule has 1 amide bonds. The molecule has 0 radical (unpaired) electrons. The van der Waals surface area contributed by atoms with Crippen LogP contribution in [-0.2, 0) is 26.6 Å². The van der Waals surface area contributed by atoms with Crippen molar-refractivity contribution in [3.8, 4) is 5.75 Å². The monoisotopic (exact) mass is 421 g/mol. The largest absolute Gasteiger partial charge is 0.497 e. The molecule has 0 bridgehead atoms. The Hall–Kier alpha value is -3.13. The first-order valence-electron chi connectivity index (χ1n) is 10.8. The zero-order valence-corrected chi connectivity index (χ0v) is 18.0. The fourth-order valence-corrected chi connectivity index (χ4v) is 4.80. The molecule has 2 aliphatic rings. The maximum Gasteiger partial charge on any atom is 0.279 e. The topological polar surface area (TPSA) is 72.1 Å². The third-order valence-corrected chi connectivity index (χ3v) is 6.50. The molecule has 4 heterocycles. The summed E-state index contributed by atoms with van der Waals surface area (Å²) in [5.74, 6) is 0.807. The Labute approximate surface area is 180 Å². The standard InChI is InChI=1S/C23H27N5O3/c1-25-20-9-12-26(14-16-5-7-17(31-2)8-6-16)15-19(20)23(30)28-21(25)18(13-24-28)22(29)27-10-3-4-11-27/h5-8,13H,3-4,9-12,14-15H2,1-2H3. The Morgan fingerprint density at radius 2 is 1.87 bits per heavy atom. The molecule has 2 aromatic heterocycles. The second-order valence-corrected chi connectivity index (χ2v) is 8.39. The van der Waals surface area contributed by atoms with E-state index < -0.39 is 0 Å². The number of likely N-dealkylation sites (tertiary alicyclic amines) is 1. The first kappa shape index (κ1) is 19.8. The molecular formula is C23H27N5O3. The van der Waals surface area contributed by atoms with E-state index in [-0.39, 0.29) is 11.5 Å². The Morgan fingerprint density at radius 3 is 2.58 bits per heavy atom. The zero-order chi connectivity index (χ0) is 21.5. The highest BCUT2D eigenvalue weighted by atomic mass is 16.5. The van der Waals surface area contributed by atoms with Gasteiger partial charge in [0, 0.05) is 51.9 Å². The molecule has 0 saturated carbocycles. The lowest BCUT2D eigenvalue weighted by atomic mass is 10.0. The fourth-order valence-electron chi connectivity index (χ4n) is 4.80. The van der Waals surface area contributed by atoms with Crippen LogP contribution in [0.15, 0.2) is 35.3 Å². The van der Waals surface area contributed by atoms with Gasteiger partial charge in [0.2, 0.25) is 0 Å². The molecule has 0 N–H and O–H groups in total. The summed E-state index contributed by atoms with van der Waals surface area (Å²) in [5, 5.41) is 4.31. The van der Waals surface area contributed by atoms with Crippen molar-refractivity contribution in [3.05, 3.63) is 63.2 Å². The van der Waals surface area contributed by atoms with Gasteiger partial charge in [-0.1, -0.05) is 12.1 Å². The lowest BCUT2D eigenvalue weighted by molar-refractivity contribution is 0.0794. The summed E-state index contributed by atoms with van der Waals surface area (Å²) in [5.41, 5.74) is 3.94. The maximum atomic E-state index is 13.3. The van der Waals surface area contributed by atoms with Crippen LogP contribution >= 0.6 is 0 Å². The first-order chi connectivity index (χ1) is 15.1. The number of amides is 1. The fraction of sp³-hybridized carbons (Fsp3) is 0.435. The Balaban J connectivity index is 1.46. The minimum Gasteiger partial charge on any atom is -0.497 e. The normalized spacial score (nSPS) is 16.6. The number of rotatable bonds is 4. The summed E-state index contributed by atoms with van der Waals surface area (Å²) in [7, 11) is 3.60. The number of benzene rings is 1. The van der Waals surface area contributed by atoms with E-state index in [1.54, 1.807) is 13.3 Å². The quantitative estimate of drug-likeness (QED) is 0.643. The molecule has 31 heavy (non-hydrogen) atoms. The summed E-state index contributed by atoms with van der Waals surface area (Å²) in [6, 6.07) is 8.02. The predicted octanol–water partition coefficient (Wildman–Crippen LogP) is 1.84. The van der Waals surface area contributed by atoms with Crippen LogP contribution in [0.3, 0.4) is 0 Å². The van der Waals surface area contributed by atoms with E-state index in [1.807, 2.05) is 28.6 Å². The molecule has 0 unspecified atom stereocenters. The third-order valence-electron chi connectivity index (χ3n) is 6.50. The highest BCUT2D eigenvalue weighted by Gasteiger charge is 2.28. The Morgan fingerprint density at radius 1 is 1.13 bits per heavy atom. The van der Waals surface area contributed by atoms with Gasteiger partial charge in [-0.15, -0.1) is 0 Å². The van der Waals surface area contributed by atoms with Crippen LogP contribution in [0.5, 0.6) is 5.75 Å². The molecule has 3 aromatic rings. The molecule has 8 nitrogen and oxygen atoms in total. The number of fused-ring (bicyclic) bond motifs is 2. The van der Waals surface area contributed by atoms with Crippen molar-refractivity contribution in [1.29, 1.82) is 0 Å². The Kier molecular flexibility index (Phi) is 5.02. The van der Waals surface area contributed by atoms with E-state index in [9.17, 15) is 9.59 Å². The van der Waals surface area contributed by atoms with Gasteiger partial charge in [0.15, 0.2) is 5.65 Å². The van der Waals surface area contributed by atoms with E-state index >= 15 is 0 Å². The zero-order valence-electron chi connectivity index (χ0n) is 18.0. The van der Waals surface area contributed by atoms with Gasteiger partial charge < -0.3 is 14.2 Å². The average Bonchev–Trinajstić information content (AvgIpc) is 3.48. The van der Waals surface area contributed by atoms with Crippen LogP contribution in [0.4, 0.5) is 0 Å². The van der Waals surface area contributed by atoms with Crippen LogP contribution in [0.2, 0.25) is 0 Å². The van der Waals surface area contributed by atoms with Gasteiger partial charge in [-0.25, -0.2) is 0 Å². The van der Waals surface area contributed by atoms with E-state index in [1.165, 1.54) is 10.1 Å². The van der Waals surface area contributed by atoms with E-state index in [2.05, 4.69) is 22.1 Å². The number of carbonyl (C=O) groups is 1. The molecule has 162 valence electrons. The summed E-state index contributed by atoms with van der Waals surface area (Å²) < 4.78 is 8.63. The smallest absolute Gasteiger partial charge is 0.279 e. The van der Waals surface area contributed by atoms with E-state index in [4.69, 9.17) is 4.74 Å². The van der Waals surface area contributed by atoms with Gasteiger partial charge in [0.25, 0.3) is 11.5 Å².